The minimum atomic E-state index is -0.471. The summed E-state index contributed by atoms with van der Waals surface area (Å²) in [6.07, 6.45) is 11.0. The summed E-state index contributed by atoms with van der Waals surface area (Å²) in [6, 6.07) is 9.36. The van der Waals surface area contributed by atoms with Gasteiger partial charge in [0.2, 0.25) is 0 Å². The lowest BCUT2D eigenvalue weighted by Gasteiger charge is -2.33. The van der Waals surface area contributed by atoms with E-state index in [1.807, 2.05) is 42.5 Å². The maximum atomic E-state index is 12.5. The van der Waals surface area contributed by atoms with Gasteiger partial charge in [0, 0.05) is 17.2 Å². The molecule has 0 saturated heterocycles. The van der Waals surface area contributed by atoms with Crippen LogP contribution in [-0.4, -0.2) is 32.5 Å². The van der Waals surface area contributed by atoms with Crippen molar-refractivity contribution in [3.05, 3.63) is 77.3 Å². The van der Waals surface area contributed by atoms with Crippen LogP contribution in [-0.2, 0) is 4.79 Å². The first-order valence-corrected chi connectivity index (χ1v) is 9.73. The number of hydrogen-bond acceptors (Lipinski definition) is 4. The summed E-state index contributed by atoms with van der Waals surface area (Å²) >= 11 is 0. The van der Waals surface area contributed by atoms with Crippen LogP contribution in [0.2, 0.25) is 0 Å². The first-order chi connectivity index (χ1) is 14.2. The number of amides is 2. The van der Waals surface area contributed by atoms with Gasteiger partial charge in [-0.25, -0.2) is 4.99 Å². The molecular formula is C22H19N5O2. The number of allylic oxidation sites excluding steroid dienone is 3. The molecule has 1 aromatic carbocycles. The van der Waals surface area contributed by atoms with Crippen molar-refractivity contribution < 1.29 is 9.59 Å². The average molecular weight is 385 g/mol. The first-order valence-electron chi connectivity index (χ1n) is 9.73. The van der Waals surface area contributed by atoms with Gasteiger partial charge in [-0.15, -0.1) is 5.10 Å². The number of hydrogen-bond donors (Lipinski definition) is 1. The number of rotatable bonds is 2. The largest absolute Gasteiger partial charge is 0.325 e. The molecule has 7 heteroatoms. The third kappa shape index (κ3) is 3.24. The highest BCUT2D eigenvalue weighted by Gasteiger charge is 2.33. The number of para-hydroxylation sites is 1. The number of nitrogens with one attached hydrogen (secondary N) is 1. The summed E-state index contributed by atoms with van der Waals surface area (Å²) in [7, 11) is 0. The highest BCUT2D eigenvalue weighted by Crippen LogP contribution is 2.38. The summed E-state index contributed by atoms with van der Waals surface area (Å²) in [6.45, 7) is 0. The Balaban J connectivity index is 1.39. The van der Waals surface area contributed by atoms with Gasteiger partial charge < -0.3 is 5.32 Å². The van der Waals surface area contributed by atoms with Crippen LogP contribution in [0.1, 0.15) is 36.2 Å². The smallest absolute Gasteiger partial charge is 0.299 e. The molecule has 1 unspecified atom stereocenters. The molecule has 0 saturated carbocycles. The predicted molar refractivity (Wildman–Crippen MR) is 107 cm³/mol. The van der Waals surface area contributed by atoms with Crippen LogP contribution >= 0.6 is 0 Å². The Morgan fingerprint density at radius 2 is 2.00 bits per heavy atom. The van der Waals surface area contributed by atoms with E-state index in [-0.39, 0.29) is 17.5 Å². The van der Waals surface area contributed by atoms with Gasteiger partial charge in [-0.05, 0) is 55.5 Å². The zero-order valence-corrected chi connectivity index (χ0v) is 15.7. The highest BCUT2D eigenvalue weighted by atomic mass is 16.2. The molecule has 0 spiro atoms. The van der Waals surface area contributed by atoms with E-state index < -0.39 is 5.91 Å². The van der Waals surface area contributed by atoms with Crippen molar-refractivity contribution in [2.75, 3.05) is 0 Å². The van der Waals surface area contributed by atoms with E-state index >= 15 is 0 Å². The lowest BCUT2D eigenvalue weighted by atomic mass is 9.77. The van der Waals surface area contributed by atoms with E-state index in [0.717, 1.165) is 42.6 Å². The maximum absolute atomic E-state index is 12.5. The van der Waals surface area contributed by atoms with Crippen molar-refractivity contribution in [3.8, 4) is 5.69 Å². The van der Waals surface area contributed by atoms with E-state index in [4.69, 9.17) is 0 Å². The summed E-state index contributed by atoms with van der Waals surface area (Å²) in [5, 5.41) is 11.3. The fraction of sp³-hybridized carbons (Fsp3) is 0.227. The quantitative estimate of drug-likeness (QED) is 0.861. The zero-order valence-electron chi connectivity index (χ0n) is 15.7. The molecular weight excluding hydrogens is 366 g/mol. The Morgan fingerprint density at radius 1 is 1.17 bits per heavy atom. The van der Waals surface area contributed by atoms with E-state index in [1.165, 1.54) is 16.6 Å². The number of fused-ring (bicyclic) bond motifs is 2. The van der Waals surface area contributed by atoms with Gasteiger partial charge in [0.15, 0.2) is 5.69 Å². The lowest BCUT2D eigenvalue weighted by Crippen LogP contribution is -2.37. The second kappa shape index (κ2) is 7.09. The van der Waals surface area contributed by atoms with Gasteiger partial charge in [0.25, 0.3) is 11.8 Å². The monoisotopic (exact) mass is 385 g/mol. The Labute approximate surface area is 167 Å². The zero-order chi connectivity index (χ0) is 19.8. The Hall–Kier alpha value is -3.61. The number of nitrogens with zero attached hydrogens (tertiary/aromatic N) is 4. The van der Waals surface area contributed by atoms with Crippen molar-refractivity contribution in [1.29, 1.82) is 0 Å². The summed E-state index contributed by atoms with van der Waals surface area (Å²) in [5.74, 6) is -0.410. The maximum Gasteiger partial charge on any atom is 0.299 e. The number of carbonyl (C=O) groups excluding carboxylic acids is 2. The molecule has 2 amide bonds. The first kappa shape index (κ1) is 17.5. The molecule has 2 aromatic rings. The molecule has 1 aromatic heterocycles. The van der Waals surface area contributed by atoms with Gasteiger partial charge in [-0.2, -0.15) is 9.90 Å². The van der Waals surface area contributed by atoms with Gasteiger partial charge >= 0.3 is 0 Å². The van der Waals surface area contributed by atoms with E-state index in [1.54, 1.807) is 6.08 Å². The van der Waals surface area contributed by atoms with Crippen molar-refractivity contribution in [2.24, 2.45) is 10.9 Å². The van der Waals surface area contributed by atoms with Crippen LogP contribution in [0.5, 0.6) is 0 Å². The molecule has 144 valence electrons. The summed E-state index contributed by atoms with van der Waals surface area (Å²) < 4.78 is 0. The van der Waals surface area contributed by atoms with E-state index in [9.17, 15) is 9.59 Å². The van der Waals surface area contributed by atoms with Crippen LogP contribution in [0.3, 0.4) is 0 Å². The van der Waals surface area contributed by atoms with Crippen LogP contribution in [0.4, 0.5) is 0 Å². The average Bonchev–Trinajstić information content (AvgIpc) is 3.25. The highest BCUT2D eigenvalue weighted by molar-refractivity contribution is 6.13. The Bertz CT molecular complexity index is 1120. The molecule has 1 aliphatic heterocycles. The summed E-state index contributed by atoms with van der Waals surface area (Å²) in [4.78, 5) is 30.5. The SMILES string of the molecule is O=C1NC2=CC(=NC(=O)c3cnn(-c4ccccc4)n3)C=CC2C2=C1CCCC2. The molecule has 7 nitrogen and oxygen atoms in total. The molecule has 5 rings (SSSR count). The van der Waals surface area contributed by atoms with Crippen LogP contribution in [0.15, 0.2) is 76.6 Å². The van der Waals surface area contributed by atoms with Crippen molar-refractivity contribution in [2.45, 2.75) is 25.7 Å². The third-order valence-corrected chi connectivity index (χ3v) is 5.44. The number of aromatic nitrogens is 3. The molecule has 3 aliphatic rings. The normalized spacial score (nSPS) is 22.1. The molecule has 2 heterocycles. The Kier molecular flexibility index (Phi) is 4.27. The number of aliphatic imine (C=N–C) groups is 1. The van der Waals surface area contributed by atoms with Crippen molar-refractivity contribution in [3.63, 3.8) is 0 Å². The molecule has 1 atom stereocenters. The molecule has 0 radical (unpaired) electrons. The standard InChI is InChI=1S/C22H19N5O2/c28-21-18-9-5-4-8-16(18)17-11-10-14(12-19(17)25-21)24-22(29)20-13-23-27(26-20)15-6-2-1-3-7-15/h1-3,6-7,10-13,17H,4-5,8-9H2,(H,25,28). The molecule has 2 aliphatic carbocycles. The molecule has 0 bridgehead atoms. The minimum absolute atomic E-state index is 0.0195. The number of benzene rings is 1. The second-order valence-corrected chi connectivity index (χ2v) is 7.30. The van der Waals surface area contributed by atoms with Gasteiger partial charge in [-0.3, -0.25) is 9.59 Å². The molecule has 1 N–H and O–H groups in total. The van der Waals surface area contributed by atoms with Gasteiger partial charge in [0.05, 0.1) is 17.6 Å². The second-order valence-electron chi connectivity index (χ2n) is 7.30. The fourth-order valence-corrected chi connectivity index (χ4v) is 4.04. The third-order valence-electron chi connectivity index (χ3n) is 5.44. The van der Waals surface area contributed by atoms with Gasteiger partial charge in [0.1, 0.15) is 0 Å². The number of carbonyl (C=O) groups is 2. The topological polar surface area (TPSA) is 89.2 Å². The summed E-state index contributed by atoms with van der Waals surface area (Å²) in [5.41, 5.74) is 4.35. The predicted octanol–water partition coefficient (Wildman–Crippen LogP) is 2.92. The van der Waals surface area contributed by atoms with Crippen LogP contribution in [0, 0.1) is 5.92 Å². The van der Waals surface area contributed by atoms with Gasteiger partial charge in [-0.1, -0.05) is 24.3 Å². The molecule has 29 heavy (non-hydrogen) atoms. The molecule has 0 fully saturated rings. The van der Waals surface area contributed by atoms with Crippen molar-refractivity contribution in [1.82, 2.24) is 20.3 Å². The van der Waals surface area contributed by atoms with E-state index in [0.29, 0.717) is 5.71 Å². The lowest BCUT2D eigenvalue weighted by molar-refractivity contribution is -0.117. The Morgan fingerprint density at radius 3 is 2.86 bits per heavy atom. The van der Waals surface area contributed by atoms with E-state index in [2.05, 4.69) is 20.5 Å². The van der Waals surface area contributed by atoms with Crippen molar-refractivity contribution >= 4 is 17.5 Å². The minimum Gasteiger partial charge on any atom is -0.325 e. The fourth-order valence-electron chi connectivity index (χ4n) is 4.04. The van der Waals surface area contributed by atoms with Crippen LogP contribution in [0.25, 0.3) is 5.69 Å². The van der Waals surface area contributed by atoms with Crippen LogP contribution < -0.4 is 5.32 Å².